The molecule has 0 saturated carbocycles. The number of thioether (sulfide) groups is 1. The molecule has 0 aliphatic heterocycles. The van der Waals surface area contributed by atoms with Gasteiger partial charge in [-0.1, -0.05) is 0 Å². The van der Waals surface area contributed by atoms with E-state index in [0.29, 0.717) is 10.9 Å². The Bertz CT molecular complexity index is 1290. The van der Waals surface area contributed by atoms with Crippen LogP contribution in [0, 0.1) is 0 Å². The molecule has 5 heteroatoms. The maximum atomic E-state index is 6.60. The van der Waals surface area contributed by atoms with Gasteiger partial charge in [-0.05, 0) is 0 Å². The van der Waals surface area contributed by atoms with Gasteiger partial charge >= 0.3 is 224 Å². The Morgan fingerprint density at radius 2 is 1.22 bits per heavy atom. The third-order valence-corrected chi connectivity index (χ3v) is 12.5. The van der Waals surface area contributed by atoms with E-state index in [4.69, 9.17) is 21.0 Å². The van der Waals surface area contributed by atoms with Crippen LogP contribution in [0.1, 0.15) is 19.8 Å². The Balaban J connectivity index is 1.83. The second-order valence-electron chi connectivity index (χ2n) is 8.71. The number of benzene rings is 4. The zero-order valence-electron chi connectivity index (χ0n) is 20.2. The van der Waals surface area contributed by atoms with Gasteiger partial charge in [0.1, 0.15) is 0 Å². The maximum absolute atomic E-state index is 6.60. The van der Waals surface area contributed by atoms with Crippen LogP contribution < -0.4 is 21.3 Å². The molecule has 0 aliphatic carbocycles. The first kappa shape index (κ1) is 24.8. The van der Waals surface area contributed by atoms with Gasteiger partial charge in [-0.15, -0.1) is 0 Å². The fourth-order valence-electron chi connectivity index (χ4n) is 4.64. The van der Waals surface area contributed by atoms with Crippen LogP contribution in [-0.2, 0) is 0 Å². The molecule has 0 amide bonds. The SMILES string of the molecule is CCCCSc1oc(-c2ccc(Cl)cc2)nc1[PH](c1ccccc1)(c1ccccc1)c1ccccc1. The van der Waals surface area contributed by atoms with Gasteiger partial charge in [0.15, 0.2) is 0 Å². The first-order chi connectivity index (χ1) is 17.7. The van der Waals surface area contributed by atoms with Crippen molar-refractivity contribution in [3.8, 4) is 11.5 Å². The molecule has 5 aromatic rings. The van der Waals surface area contributed by atoms with Gasteiger partial charge in [-0.25, -0.2) is 0 Å². The van der Waals surface area contributed by atoms with Crippen molar-refractivity contribution in [3.63, 3.8) is 0 Å². The predicted molar refractivity (Wildman–Crippen MR) is 159 cm³/mol. The quantitative estimate of drug-likeness (QED) is 0.114. The molecule has 0 atom stereocenters. The summed E-state index contributed by atoms with van der Waals surface area (Å²) in [6, 6.07) is 40.3. The number of rotatable bonds is 9. The second kappa shape index (κ2) is 11.5. The zero-order chi connectivity index (χ0) is 24.8. The number of hydrogen-bond donors (Lipinski definition) is 0. The van der Waals surface area contributed by atoms with Crippen molar-refractivity contribution >= 4 is 52.0 Å². The summed E-state index contributed by atoms with van der Waals surface area (Å²) in [6.07, 6.45) is 2.26. The van der Waals surface area contributed by atoms with Gasteiger partial charge in [0.05, 0.1) is 0 Å². The molecule has 182 valence electrons. The molecule has 2 nitrogen and oxygen atoms in total. The number of nitrogens with zero attached hydrogens (tertiary/aromatic N) is 1. The fraction of sp³-hybridized carbons (Fsp3) is 0.129. The van der Waals surface area contributed by atoms with E-state index in [1.807, 2.05) is 24.3 Å². The number of aromatic nitrogens is 1. The van der Waals surface area contributed by atoms with E-state index in [2.05, 4.69) is 97.9 Å². The van der Waals surface area contributed by atoms with Gasteiger partial charge in [0, 0.05) is 0 Å². The number of hydrogen-bond acceptors (Lipinski definition) is 3. The molecule has 36 heavy (non-hydrogen) atoms. The Morgan fingerprint density at radius 1 is 0.722 bits per heavy atom. The average molecular weight is 530 g/mol. The van der Waals surface area contributed by atoms with Crippen molar-refractivity contribution in [2.45, 2.75) is 24.9 Å². The third kappa shape index (κ3) is 4.89. The Labute approximate surface area is 223 Å². The van der Waals surface area contributed by atoms with E-state index in [1.165, 1.54) is 15.9 Å². The molecule has 0 unspecified atom stereocenters. The van der Waals surface area contributed by atoms with Gasteiger partial charge in [0.25, 0.3) is 0 Å². The molecule has 0 spiro atoms. The summed E-state index contributed by atoms with van der Waals surface area (Å²) in [4.78, 5) is 5.32. The van der Waals surface area contributed by atoms with Crippen LogP contribution in [0.5, 0.6) is 0 Å². The van der Waals surface area contributed by atoms with Gasteiger partial charge < -0.3 is 0 Å². The first-order valence-corrected chi connectivity index (χ1v) is 15.7. The van der Waals surface area contributed by atoms with Crippen molar-refractivity contribution in [2.24, 2.45) is 0 Å². The molecule has 0 radical (unpaired) electrons. The molecule has 0 saturated heterocycles. The number of unbranched alkanes of at least 4 members (excludes halogenated alkanes) is 1. The topological polar surface area (TPSA) is 26.0 Å². The molecule has 1 heterocycles. The molecule has 1 aromatic heterocycles. The standard InChI is InChI=1S/C31H29ClNOPS/c1-2-3-23-36-31-30(33-29(34-31)24-19-21-25(32)22-20-24)35(26-13-7-4-8-14-26,27-15-9-5-10-16-27)28-17-11-6-12-18-28/h4-22,35H,2-3,23H2,1H3. The van der Waals surface area contributed by atoms with Crippen molar-refractivity contribution < 1.29 is 4.42 Å². The van der Waals surface area contributed by atoms with Crippen LogP contribution in [0.4, 0.5) is 0 Å². The molecule has 0 N–H and O–H groups in total. The van der Waals surface area contributed by atoms with E-state index >= 15 is 0 Å². The van der Waals surface area contributed by atoms with Gasteiger partial charge in [0.2, 0.25) is 0 Å². The summed E-state index contributed by atoms with van der Waals surface area (Å²) in [5.41, 5.74) is 1.98. The average Bonchev–Trinajstić information content (AvgIpc) is 3.36. The van der Waals surface area contributed by atoms with Crippen molar-refractivity contribution in [2.75, 3.05) is 5.75 Å². The van der Waals surface area contributed by atoms with E-state index in [-0.39, 0.29) is 0 Å². The van der Waals surface area contributed by atoms with E-state index in [1.54, 1.807) is 11.8 Å². The van der Waals surface area contributed by atoms with Crippen LogP contribution in [0.3, 0.4) is 0 Å². The monoisotopic (exact) mass is 529 g/mol. The van der Waals surface area contributed by atoms with Crippen LogP contribution in [0.15, 0.2) is 125 Å². The van der Waals surface area contributed by atoms with E-state index < -0.39 is 7.26 Å². The number of oxazole rings is 1. The van der Waals surface area contributed by atoms with E-state index in [0.717, 1.165) is 34.7 Å². The molecular formula is C31H29ClNOPS. The Hall–Kier alpha value is -2.84. The normalized spacial score (nSPS) is 11.9. The van der Waals surface area contributed by atoms with Gasteiger partial charge in [-0.2, -0.15) is 0 Å². The second-order valence-corrected chi connectivity index (χ2v) is 13.9. The van der Waals surface area contributed by atoms with Crippen LogP contribution in [-0.4, -0.2) is 10.7 Å². The molecular weight excluding hydrogens is 501 g/mol. The van der Waals surface area contributed by atoms with Crippen LogP contribution >= 0.6 is 30.6 Å². The predicted octanol–water partition coefficient (Wildman–Crippen LogP) is 7.24. The summed E-state index contributed by atoms with van der Waals surface area (Å²) >= 11 is 7.97. The first-order valence-electron chi connectivity index (χ1n) is 12.3. The number of halogens is 1. The summed E-state index contributed by atoms with van der Waals surface area (Å²) in [6.45, 7) is 2.22. The molecule has 5 rings (SSSR count). The Kier molecular flexibility index (Phi) is 7.92. The van der Waals surface area contributed by atoms with Crippen molar-refractivity contribution in [1.82, 2.24) is 4.98 Å². The molecule has 0 aliphatic rings. The van der Waals surface area contributed by atoms with Crippen molar-refractivity contribution in [3.05, 3.63) is 120 Å². The zero-order valence-corrected chi connectivity index (χ0v) is 22.8. The summed E-state index contributed by atoms with van der Waals surface area (Å²) in [5, 5.41) is 5.48. The molecule has 0 fully saturated rings. The molecule has 0 bridgehead atoms. The van der Waals surface area contributed by atoms with E-state index in [9.17, 15) is 0 Å². The van der Waals surface area contributed by atoms with Crippen molar-refractivity contribution in [1.29, 1.82) is 0 Å². The summed E-state index contributed by atoms with van der Waals surface area (Å²) in [5.74, 6) is 1.63. The minimum absolute atomic E-state index is 0.639. The summed E-state index contributed by atoms with van der Waals surface area (Å²) in [7, 11) is -2.78. The third-order valence-electron chi connectivity index (χ3n) is 6.39. The van der Waals surface area contributed by atoms with Gasteiger partial charge in [-0.3, -0.25) is 0 Å². The van der Waals surface area contributed by atoms with Crippen LogP contribution in [0.25, 0.3) is 11.5 Å². The minimum atomic E-state index is -2.78. The molecule has 4 aromatic carbocycles. The summed E-state index contributed by atoms with van der Waals surface area (Å²) < 4.78 is 6.60. The fourth-order valence-corrected chi connectivity index (χ4v) is 10.9. The van der Waals surface area contributed by atoms with Crippen LogP contribution in [0.2, 0.25) is 5.02 Å². The Morgan fingerprint density at radius 3 is 1.69 bits per heavy atom.